The molecule has 0 bridgehead atoms. The van der Waals surface area contributed by atoms with Crippen molar-refractivity contribution in [1.29, 1.82) is 0 Å². The fourth-order valence-electron chi connectivity index (χ4n) is 1.82. The van der Waals surface area contributed by atoms with Crippen LogP contribution in [0.4, 0.5) is 5.69 Å². The number of ether oxygens (including phenoxy) is 1. The van der Waals surface area contributed by atoms with E-state index in [4.69, 9.17) is 4.74 Å². The number of rotatable bonds is 8. The van der Waals surface area contributed by atoms with Crippen LogP contribution in [-0.2, 0) is 4.79 Å². The number of unbranched alkanes of at least 4 members (excludes halogenated alkanes) is 1. The van der Waals surface area contributed by atoms with Crippen molar-refractivity contribution in [2.75, 3.05) is 0 Å². The third kappa shape index (κ3) is 4.84. The van der Waals surface area contributed by atoms with E-state index in [1.165, 1.54) is 24.3 Å². The molecule has 1 aromatic carbocycles. The van der Waals surface area contributed by atoms with Crippen molar-refractivity contribution in [3.63, 3.8) is 0 Å². The third-order valence-corrected chi connectivity index (χ3v) is 2.96. The molecule has 0 aliphatic carbocycles. The molecule has 5 heteroatoms. The number of esters is 1. The normalized spacial score (nSPS) is 11.7. The maximum absolute atomic E-state index is 12.0. The molecule has 20 heavy (non-hydrogen) atoms. The maximum Gasteiger partial charge on any atom is 0.314 e. The molecular weight excluding hydrogens is 258 g/mol. The Kier molecular flexibility index (Phi) is 6.43. The van der Waals surface area contributed by atoms with Crippen molar-refractivity contribution in [1.82, 2.24) is 0 Å². The van der Waals surface area contributed by atoms with Gasteiger partial charge in [-0.15, -0.1) is 6.58 Å². The number of allylic oxidation sites excluding steroid dienone is 1. The van der Waals surface area contributed by atoms with Gasteiger partial charge in [0.05, 0.1) is 10.8 Å². The molecule has 0 spiro atoms. The van der Waals surface area contributed by atoms with Crippen molar-refractivity contribution in [3.8, 4) is 5.75 Å². The molecule has 0 amide bonds. The van der Waals surface area contributed by atoms with Gasteiger partial charge >= 0.3 is 5.97 Å². The van der Waals surface area contributed by atoms with E-state index in [1.807, 2.05) is 0 Å². The SMILES string of the molecule is C=CCC(CCCC)C(=O)Oc1ccc([N+](=O)[O-])cc1. The Labute approximate surface area is 118 Å². The average Bonchev–Trinajstić information content (AvgIpc) is 2.43. The van der Waals surface area contributed by atoms with E-state index >= 15 is 0 Å². The number of hydrogen-bond acceptors (Lipinski definition) is 4. The highest BCUT2D eigenvalue weighted by Gasteiger charge is 2.19. The van der Waals surface area contributed by atoms with E-state index in [9.17, 15) is 14.9 Å². The second-order valence-electron chi connectivity index (χ2n) is 4.54. The van der Waals surface area contributed by atoms with E-state index < -0.39 is 4.92 Å². The third-order valence-electron chi connectivity index (χ3n) is 2.96. The molecule has 0 saturated carbocycles. The van der Waals surface area contributed by atoms with Crippen molar-refractivity contribution in [2.45, 2.75) is 32.6 Å². The van der Waals surface area contributed by atoms with Crippen LogP contribution in [0.15, 0.2) is 36.9 Å². The minimum Gasteiger partial charge on any atom is -0.426 e. The molecule has 0 heterocycles. The lowest BCUT2D eigenvalue weighted by molar-refractivity contribution is -0.384. The van der Waals surface area contributed by atoms with Crippen molar-refractivity contribution in [2.24, 2.45) is 5.92 Å². The van der Waals surface area contributed by atoms with Gasteiger partial charge in [0.25, 0.3) is 5.69 Å². The number of carbonyl (C=O) groups is 1. The molecule has 0 saturated heterocycles. The molecule has 0 aliphatic heterocycles. The molecule has 0 radical (unpaired) electrons. The van der Waals surface area contributed by atoms with Gasteiger partial charge in [0.1, 0.15) is 5.75 Å². The Hall–Kier alpha value is -2.17. The molecule has 0 N–H and O–H groups in total. The summed E-state index contributed by atoms with van der Waals surface area (Å²) in [6, 6.07) is 5.50. The molecule has 1 rings (SSSR count). The van der Waals surface area contributed by atoms with E-state index in [0.717, 1.165) is 19.3 Å². The number of nitro groups is 1. The van der Waals surface area contributed by atoms with Crippen LogP contribution in [0.3, 0.4) is 0 Å². The standard InChI is InChI=1S/C15H19NO4/c1-3-5-7-12(6-4-2)15(17)20-14-10-8-13(9-11-14)16(18)19/h4,8-12H,2-3,5-7H2,1H3. The highest BCUT2D eigenvalue weighted by atomic mass is 16.6. The second-order valence-corrected chi connectivity index (χ2v) is 4.54. The Morgan fingerprint density at radius 2 is 2.10 bits per heavy atom. The van der Waals surface area contributed by atoms with Crippen LogP contribution < -0.4 is 4.74 Å². The zero-order valence-electron chi connectivity index (χ0n) is 11.6. The first kappa shape index (κ1) is 15.9. The lowest BCUT2D eigenvalue weighted by Crippen LogP contribution is -2.20. The van der Waals surface area contributed by atoms with Crippen molar-refractivity contribution in [3.05, 3.63) is 47.0 Å². The second kappa shape index (κ2) is 8.09. The summed E-state index contributed by atoms with van der Waals surface area (Å²) in [5.74, 6) is -0.194. The van der Waals surface area contributed by atoms with Crippen LogP contribution in [0.25, 0.3) is 0 Å². The highest BCUT2D eigenvalue weighted by Crippen LogP contribution is 2.21. The maximum atomic E-state index is 12.0. The van der Waals surface area contributed by atoms with Crippen LogP contribution in [0.2, 0.25) is 0 Å². The lowest BCUT2D eigenvalue weighted by atomic mass is 9.99. The molecular formula is C15H19NO4. The summed E-state index contributed by atoms with van der Waals surface area (Å²) in [6.07, 6.45) is 5.00. The van der Waals surface area contributed by atoms with Gasteiger partial charge in [0.2, 0.25) is 0 Å². The fraction of sp³-hybridized carbons (Fsp3) is 0.400. The summed E-state index contributed by atoms with van der Waals surface area (Å²) in [6.45, 7) is 5.71. The first-order chi connectivity index (χ1) is 9.58. The predicted octanol–water partition coefficient (Wildman–Crippen LogP) is 3.88. The number of carbonyl (C=O) groups excluding carboxylic acids is 1. The minimum absolute atomic E-state index is 0.0292. The number of non-ortho nitro benzene ring substituents is 1. The van der Waals surface area contributed by atoms with Crippen molar-refractivity contribution < 1.29 is 14.5 Å². The van der Waals surface area contributed by atoms with Gasteiger partial charge in [-0.1, -0.05) is 25.8 Å². The summed E-state index contributed by atoms with van der Waals surface area (Å²) in [7, 11) is 0. The van der Waals surface area contributed by atoms with Crippen LogP contribution in [-0.4, -0.2) is 10.9 Å². The van der Waals surface area contributed by atoms with Crippen molar-refractivity contribution >= 4 is 11.7 Å². The molecule has 0 aliphatic rings. The monoisotopic (exact) mass is 277 g/mol. The molecule has 0 aromatic heterocycles. The van der Waals surface area contributed by atoms with Gasteiger partial charge < -0.3 is 4.74 Å². The quantitative estimate of drug-likeness (QED) is 0.238. The molecule has 1 unspecified atom stereocenters. The first-order valence-corrected chi connectivity index (χ1v) is 6.65. The Balaban J connectivity index is 2.66. The van der Waals surface area contributed by atoms with Gasteiger partial charge in [0, 0.05) is 12.1 Å². The predicted molar refractivity (Wildman–Crippen MR) is 76.6 cm³/mol. The average molecular weight is 277 g/mol. The van der Waals surface area contributed by atoms with Gasteiger partial charge in [-0.3, -0.25) is 14.9 Å². The van der Waals surface area contributed by atoms with Crippen LogP contribution in [0.1, 0.15) is 32.6 Å². The van der Waals surface area contributed by atoms with Crippen LogP contribution in [0.5, 0.6) is 5.75 Å². The largest absolute Gasteiger partial charge is 0.426 e. The molecule has 5 nitrogen and oxygen atoms in total. The van der Waals surface area contributed by atoms with Gasteiger partial charge in [0.15, 0.2) is 0 Å². The summed E-state index contributed by atoms with van der Waals surface area (Å²) in [5, 5.41) is 10.5. The summed E-state index contributed by atoms with van der Waals surface area (Å²) < 4.78 is 5.25. The number of hydrogen-bond donors (Lipinski definition) is 0. The van der Waals surface area contributed by atoms with Crippen LogP contribution in [0, 0.1) is 16.0 Å². The molecule has 1 atom stereocenters. The smallest absolute Gasteiger partial charge is 0.314 e. The van der Waals surface area contributed by atoms with E-state index in [2.05, 4.69) is 13.5 Å². The minimum atomic E-state index is -0.493. The van der Waals surface area contributed by atoms with E-state index in [-0.39, 0.29) is 17.6 Å². The van der Waals surface area contributed by atoms with E-state index in [1.54, 1.807) is 6.08 Å². The zero-order valence-corrected chi connectivity index (χ0v) is 11.6. The van der Waals surface area contributed by atoms with Gasteiger partial charge in [-0.05, 0) is 25.0 Å². The number of benzene rings is 1. The number of nitro benzene ring substituents is 1. The Bertz CT molecular complexity index is 467. The molecule has 108 valence electrons. The molecule has 1 aromatic rings. The van der Waals surface area contributed by atoms with Gasteiger partial charge in [-0.25, -0.2) is 0 Å². The summed E-state index contributed by atoms with van der Waals surface area (Å²) in [5.41, 5.74) is -0.0292. The van der Waals surface area contributed by atoms with Gasteiger partial charge in [-0.2, -0.15) is 0 Å². The summed E-state index contributed by atoms with van der Waals surface area (Å²) >= 11 is 0. The zero-order chi connectivity index (χ0) is 15.0. The fourth-order valence-corrected chi connectivity index (χ4v) is 1.82. The van der Waals surface area contributed by atoms with Crippen LogP contribution >= 0.6 is 0 Å². The lowest BCUT2D eigenvalue weighted by Gasteiger charge is -2.13. The Morgan fingerprint density at radius 1 is 1.45 bits per heavy atom. The highest BCUT2D eigenvalue weighted by molar-refractivity contribution is 5.75. The summed E-state index contributed by atoms with van der Waals surface area (Å²) in [4.78, 5) is 22.1. The van der Waals surface area contributed by atoms with E-state index in [0.29, 0.717) is 12.2 Å². The number of nitrogens with zero attached hydrogens (tertiary/aromatic N) is 1. The molecule has 0 fully saturated rings. The topological polar surface area (TPSA) is 69.4 Å². The Morgan fingerprint density at radius 3 is 2.60 bits per heavy atom. The first-order valence-electron chi connectivity index (χ1n) is 6.65.